The molecule has 4 aromatic rings. The normalized spacial score (nSPS) is 11.8. The molecule has 0 spiro atoms. The summed E-state index contributed by atoms with van der Waals surface area (Å²) in [4.78, 5) is 16.8. The highest BCUT2D eigenvalue weighted by molar-refractivity contribution is 7.99. The molecule has 0 bridgehead atoms. The van der Waals surface area contributed by atoms with E-state index in [1.807, 2.05) is 19.9 Å². The van der Waals surface area contributed by atoms with Crippen LogP contribution in [0.4, 0.5) is 0 Å². The molecule has 0 saturated heterocycles. The lowest BCUT2D eigenvalue weighted by molar-refractivity contribution is 0.112. The number of hydrogen-bond acceptors (Lipinski definition) is 4. The zero-order valence-electron chi connectivity index (χ0n) is 20.5. The van der Waals surface area contributed by atoms with Gasteiger partial charge in [0.2, 0.25) is 0 Å². The van der Waals surface area contributed by atoms with Crippen LogP contribution >= 0.6 is 23.4 Å². The maximum absolute atomic E-state index is 11.5. The van der Waals surface area contributed by atoms with E-state index in [1.165, 1.54) is 34.0 Å². The molecular formula is C31H29ClN2OS. The number of carbonyl (C=O) groups excluding carboxylic acids is 1. The van der Waals surface area contributed by atoms with Crippen molar-refractivity contribution in [1.29, 1.82) is 0 Å². The van der Waals surface area contributed by atoms with Gasteiger partial charge in [-0.25, -0.2) is 4.98 Å². The summed E-state index contributed by atoms with van der Waals surface area (Å²) >= 11 is 8.10. The van der Waals surface area contributed by atoms with E-state index in [2.05, 4.69) is 71.5 Å². The molecule has 3 aromatic carbocycles. The first-order chi connectivity index (χ1) is 17.6. The topological polar surface area (TPSA) is 42.0 Å². The summed E-state index contributed by atoms with van der Waals surface area (Å²) in [6.45, 7) is 8.80. The quantitative estimate of drug-likeness (QED) is 0.200. The molecule has 36 heavy (non-hydrogen) atoms. The average Bonchev–Trinajstić information content (AvgIpc) is 3.20. The van der Waals surface area contributed by atoms with Crippen LogP contribution in [0, 0.1) is 6.92 Å². The molecule has 1 N–H and O–H groups in total. The fraction of sp³-hybridized carbons (Fsp3) is 0.161. The van der Waals surface area contributed by atoms with Crippen molar-refractivity contribution in [3.05, 3.63) is 124 Å². The maximum Gasteiger partial charge on any atom is 0.152 e. The van der Waals surface area contributed by atoms with Crippen LogP contribution in [0.15, 0.2) is 102 Å². The van der Waals surface area contributed by atoms with Crippen molar-refractivity contribution in [2.24, 2.45) is 0 Å². The highest BCUT2D eigenvalue weighted by Crippen LogP contribution is 2.44. The van der Waals surface area contributed by atoms with Gasteiger partial charge in [-0.3, -0.25) is 4.79 Å². The summed E-state index contributed by atoms with van der Waals surface area (Å²) in [5.41, 5.74) is 8.16. The minimum Gasteiger partial charge on any atom is -0.312 e. The van der Waals surface area contributed by atoms with Crippen LogP contribution in [0.3, 0.4) is 0 Å². The molecule has 0 amide bonds. The molecule has 1 aromatic heterocycles. The van der Waals surface area contributed by atoms with E-state index in [4.69, 9.17) is 11.6 Å². The van der Waals surface area contributed by atoms with Gasteiger partial charge in [0.15, 0.2) is 6.29 Å². The molecule has 1 aliphatic carbocycles. The SMILES string of the molecule is C=CC.Cc1cc(Cl)c(Sc2ncccc2C=O)c(CNCC2c3ccccc3-c3ccccc32)c1. The van der Waals surface area contributed by atoms with Crippen LogP contribution in [-0.2, 0) is 6.54 Å². The molecule has 0 atom stereocenters. The number of allylic oxidation sites excluding steroid dienone is 1. The Hall–Kier alpha value is -3.18. The predicted octanol–water partition coefficient (Wildman–Crippen LogP) is 8.10. The van der Waals surface area contributed by atoms with Crippen molar-refractivity contribution >= 4 is 29.6 Å². The predicted molar refractivity (Wildman–Crippen MR) is 151 cm³/mol. The fourth-order valence-corrected chi connectivity index (χ4v) is 5.92. The van der Waals surface area contributed by atoms with Gasteiger partial charge in [-0.2, -0.15) is 0 Å². The van der Waals surface area contributed by atoms with Crippen molar-refractivity contribution in [3.8, 4) is 11.1 Å². The van der Waals surface area contributed by atoms with Crippen molar-refractivity contribution in [2.75, 3.05) is 6.54 Å². The second kappa shape index (κ2) is 12.2. The van der Waals surface area contributed by atoms with Gasteiger partial charge < -0.3 is 5.32 Å². The second-order valence-corrected chi connectivity index (χ2v) is 10.0. The number of rotatable bonds is 7. The first kappa shape index (κ1) is 25.9. The molecule has 0 aliphatic heterocycles. The molecule has 0 saturated carbocycles. The summed E-state index contributed by atoms with van der Waals surface area (Å²) in [6.07, 6.45) is 4.29. The third kappa shape index (κ3) is 5.62. The second-order valence-electron chi connectivity index (χ2n) is 8.62. The van der Waals surface area contributed by atoms with Gasteiger partial charge in [-0.1, -0.05) is 84.0 Å². The zero-order chi connectivity index (χ0) is 25.5. The monoisotopic (exact) mass is 512 g/mol. The Morgan fingerprint density at radius 3 is 2.31 bits per heavy atom. The Morgan fingerprint density at radius 1 is 1.03 bits per heavy atom. The number of pyridine rings is 1. The van der Waals surface area contributed by atoms with Crippen molar-refractivity contribution in [1.82, 2.24) is 10.3 Å². The average molecular weight is 513 g/mol. The Balaban J connectivity index is 0.000000967. The number of aryl methyl sites for hydroxylation is 1. The van der Waals surface area contributed by atoms with Crippen LogP contribution in [0.5, 0.6) is 0 Å². The largest absolute Gasteiger partial charge is 0.312 e. The first-order valence-corrected chi connectivity index (χ1v) is 13.1. The number of hydrogen-bond donors (Lipinski definition) is 1. The molecule has 1 aliphatic rings. The van der Waals surface area contributed by atoms with Crippen LogP contribution in [-0.4, -0.2) is 17.8 Å². The van der Waals surface area contributed by atoms with E-state index >= 15 is 0 Å². The lowest BCUT2D eigenvalue weighted by Gasteiger charge is -2.17. The lowest BCUT2D eigenvalue weighted by atomic mass is 9.97. The fourth-order valence-electron chi connectivity index (χ4n) is 4.55. The molecule has 0 radical (unpaired) electrons. The summed E-state index contributed by atoms with van der Waals surface area (Å²) in [5, 5.41) is 5.01. The Labute approximate surface area is 222 Å². The van der Waals surface area contributed by atoms with Crippen LogP contribution in [0.1, 0.15) is 45.5 Å². The summed E-state index contributed by atoms with van der Waals surface area (Å²) < 4.78 is 0. The van der Waals surface area contributed by atoms with E-state index in [1.54, 1.807) is 24.4 Å². The van der Waals surface area contributed by atoms with Gasteiger partial charge in [0, 0.05) is 35.7 Å². The highest BCUT2D eigenvalue weighted by atomic mass is 35.5. The molecule has 5 heteroatoms. The number of fused-ring (bicyclic) bond motifs is 3. The molecule has 5 rings (SSSR count). The summed E-state index contributed by atoms with van der Waals surface area (Å²) in [7, 11) is 0. The molecule has 0 unspecified atom stereocenters. The van der Waals surface area contributed by atoms with Crippen molar-refractivity contribution < 1.29 is 4.79 Å². The van der Waals surface area contributed by atoms with Gasteiger partial charge in [-0.05, 0) is 65.4 Å². The number of nitrogens with zero attached hydrogens (tertiary/aromatic N) is 1. The number of halogens is 1. The standard InChI is InChI=1S/C28H23ClN2OS.C3H6/c1-18-13-20(27(26(29)14-18)33-28-19(17-32)7-6-12-31-28)15-30-16-25-23-10-4-2-8-21(23)22-9-3-5-11-24(22)25;1-3-2/h2-14,17,25,30H,15-16H2,1H3;3H,1H2,2H3. The van der Waals surface area contributed by atoms with Crippen molar-refractivity contribution in [3.63, 3.8) is 0 Å². The van der Waals surface area contributed by atoms with Crippen LogP contribution in [0.2, 0.25) is 5.02 Å². The summed E-state index contributed by atoms with van der Waals surface area (Å²) in [5.74, 6) is 0.311. The Bertz CT molecular complexity index is 1340. The minimum atomic E-state index is 0.311. The molecular weight excluding hydrogens is 484 g/mol. The van der Waals surface area contributed by atoms with Gasteiger partial charge in [-0.15, -0.1) is 6.58 Å². The number of benzene rings is 3. The minimum absolute atomic E-state index is 0.311. The number of carbonyl (C=O) groups is 1. The van der Waals surface area contributed by atoms with E-state index < -0.39 is 0 Å². The van der Waals surface area contributed by atoms with E-state index in [0.29, 0.717) is 28.1 Å². The van der Waals surface area contributed by atoms with Crippen molar-refractivity contribution in [2.45, 2.75) is 36.2 Å². The molecule has 1 heterocycles. The van der Waals surface area contributed by atoms with Gasteiger partial charge in [0.05, 0.1) is 5.02 Å². The highest BCUT2D eigenvalue weighted by Gasteiger charge is 2.27. The van der Waals surface area contributed by atoms with Gasteiger partial charge in [0.1, 0.15) is 5.03 Å². The van der Waals surface area contributed by atoms with Gasteiger partial charge in [0.25, 0.3) is 0 Å². The number of nitrogens with one attached hydrogen (secondary N) is 1. The third-order valence-corrected chi connectivity index (χ3v) is 7.65. The molecule has 3 nitrogen and oxygen atoms in total. The van der Waals surface area contributed by atoms with Gasteiger partial charge >= 0.3 is 0 Å². The maximum atomic E-state index is 11.5. The first-order valence-electron chi connectivity index (χ1n) is 11.9. The van der Waals surface area contributed by atoms with E-state index in [0.717, 1.165) is 28.9 Å². The lowest BCUT2D eigenvalue weighted by Crippen LogP contribution is -2.21. The van der Waals surface area contributed by atoms with Crippen LogP contribution < -0.4 is 5.32 Å². The van der Waals surface area contributed by atoms with E-state index in [-0.39, 0.29) is 0 Å². The smallest absolute Gasteiger partial charge is 0.152 e. The van der Waals surface area contributed by atoms with Crippen LogP contribution in [0.25, 0.3) is 11.1 Å². The molecule has 0 fully saturated rings. The number of aromatic nitrogens is 1. The Kier molecular flexibility index (Phi) is 8.76. The zero-order valence-corrected chi connectivity index (χ0v) is 22.1. The van der Waals surface area contributed by atoms with E-state index in [9.17, 15) is 4.79 Å². The summed E-state index contributed by atoms with van der Waals surface area (Å²) in [6, 6.07) is 25.0. The Morgan fingerprint density at radius 2 is 1.67 bits per heavy atom. The third-order valence-electron chi connectivity index (χ3n) is 6.02. The number of aldehydes is 1. The molecule has 182 valence electrons.